The molecule has 0 atom stereocenters. The number of benzene rings is 1. The molecule has 1 aliphatic rings. The van der Waals surface area contributed by atoms with Gasteiger partial charge in [0.25, 0.3) is 0 Å². The van der Waals surface area contributed by atoms with E-state index in [1.807, 2.05) is 47.0 Å². The Kier molecular flexibility index (Phi) is 5.31. The predicted octanol–water partition coefficient (Wildman–Crippen LogP) is 3.96. The normalized spacial score (nSPS) is 13.3. The molecule has 1 saturated heterocycles. The zero-order chi connectivity index (χ0) is 22.1. The molecule has 0 spiro atoms. The second kappa shape index (κ2) is 8.42. The molecule has 32 heavy (non-hydrogen) atoms. The van der Waals surface area contributed by atoms with Crippen LogP contribution in [0.1, 0.15) is 41.4 Å². The van der Waals surface area contributed by atoms with Crippen molar-refractivity contribution in [1.29, 1.82) is 0 Å². The van der Waals surface area contributed by atoms with E-state index >= 15 is 0 Å². The summed E-state index contributed by atoms with van der Waals surface area (Å²) in [6, 6.07) is 11.6. The zero-order valence-electron chi connectivity index (χ0n) is 18.2. The number of aryl methyl sites for hydroxylation is 1. The summed E-state index contributed by atoms with van der Waals surface area (Å²) >= 11 is 0. The van der Waals surface area contributed by atoms with Crippen molar-refractivity contribution in [1.82, 2.24) is 19.4 Å². The molecule has 0 radical (unpaired) electrons. The van der Waals surface area contributed by atoms with Crippen molar-refractivity contribution in [2.24, 2.45) is 0 Å². The first-order valence-electron chi connectivity index (χ1n) is 11.1. The number of carbonyl (C=O) groups excluding carboxylic acids is 1. The lowest BCUT2D eigenvalue weighted by Gasteiger charge is -2.31. The number of fused-ring (bicyclic) bond motifs is 1. The molecule has 7 heteroatoms. The van der Waals surface area contributed by atoms with Crippen LogP contribution in [-0.2, 0) is 12.8 Å². The zero-order valence-corrected chi connectivity index (χ0v) is 18.2. The second-order valence-corrected chi connectivity index (χ2v) is 8.21. The highest BCUT2D eigenvalue weighted by molar-refractivity contribution is 5.98. The number of imidazole rings is 1. The molecule has 162 valence electrons. The largest absolute Gasteiger partial charge is 0.382 e. The minimum atomic E-state index is 0.0508. The Morgan fingerprint density at radius 1 is 1.09 bits per heavy atom. The number of aromatic nitrogens is 4. The molecule has 0 saturated carbocycles. The summed E-state index contributed by atoms with van der Waals surface area (Å²) in [6.45, 7) is 4.12. The highest BCUT2D eigenvalue weighted by atomic mass is 16.1. The van der Waals surface area contributed by atoms with Gasteiger partial charge in [-0.1, -0.05) is 37.6 Å². The Morgan fingerprint density at radius 3 is 2.62 bits per heavy atom. The highest BCUT2D eigenvalue weighted by Gasteiger charge is 2.23. The van der Waals surface area contributed by atoms with Crippen LogP contribution in [0.2, 0.25) is 0 Å². The van der Waals surface area contributed by atoms with Gasteiger partial charge in [0.05, 0.1) is 6.42 Å². The second-order valence-electron chi connectivity index (χ2n) is 8.21. The lowest BCUT2D eigenvalue weighted by molar-refractivity contribution is 0.0992. The molecule has 0 amide bonds. The van der Waals surface area contributed by atoms with Crippen LogP contribution in [0.5, 0.6) is 0 Å². The van der Waals surface area contributed by atoms with Gasteiger partial charge in [-0.05, 0) is 30.5 Å². The third-order valence-corrected chi connectivity index (χ3v) is 5.95. The topological polar surface area (TPSA) is 89.4 Å². The van der Waals surface area contributed by atoms with Crippen LogP contribution in [0.3, 0.4) is 0 Å². The van der Waals surface area contributed by atoms with Gasteiger partial charge in [-0.25, -0.2) is 9.97 Å². The molecule has 0 bridgehead atoms. The maximum absolute atomic E-state index is 12.8. The number of anilines is 2. The molecular formula is C25H26N6O. The highest BCUT2D eigenvalue weighted by Crippen LogP contribution is 2.32. The van der Waals surface area contributed by atoms with Gasteiger partial charge in [0.15, 0.2) is 5.78 Å². The number of nitrogens with two attached hydrogens (primary N) is 1. The maximum Gasteiger partial charge on any atom is 0.210 e. The number of carbonyl (C=O) groups is 1. The van der Waals surface area contributed by atoms with Crippen molar-refractivity contribution < 1.29 is 4.79 Å². The van der Waals surface area contributed by atoms with E-state index in [2.05, 4.69) is 21.8 Å². The molecule has 3 aromatic heterocycles. The van der Waals surface area contributed by atoms with E-state index in [0.29, 0.717) is 17.8 Å². The van der Waals surface area contributed by atoms with Crippen LogP contribution in [-0.4, -0.2) is 38.2 Å². The van der Waals surface area contributed by atoms with E-state index < -0.39 is 0 Å². The number of ketones is 1. The van der Waals surface area contributed by atoms with E-state index in [0.717, 1.165) is 60.8 Å². The van der Waals surface area contributed by atoms with E-state index in [1.54, 1.807) is 12.4 Å². The lowest BCUT2D eigenvalue weighted by atomic mass is 10.0. The smallest absolute Gasteiger partial charge is 0.210 e. The number of rotatable bonds is 7. The average Bonchev–Trinajstić information content (AvgIpc) is 3.14. The van der Waals surface area contributed by atoms with Crippen molar-refractivity contribution in [2.75, 3.05) is 23.7 Å². The van der Waals surface area contributed by atoms with Crippen molar-refractivity contribution in [3.63, 3.8) is 0 Å². The summed E-state index contributed by atoms with van der Waals surface area (Å²) in [5, 5.41) is 0. The molecule has 2 N–H and O–H groups in total. The van der Waals surface area contributed by atoms with E-state index in [4.69, 9.17) is 10.7 Å². The minimum Gasteiger partial charge on any atom is -0.382 e. The van der Waals surface area contributed by atoms with Gasteiger partial charge in [0, 0.05) is 48.5 Å². The lowest BCUT2D eigenvalue weighted by Crippen LogP contribution is -2.38. The molecule has 4 heterocycles. The molecule has 4 aromatic rings. The van der Waals surface area contributed by atoms with Gasteiger partial charge in [-0.2, -0.15) is 0 Å². The quantitative estimate of drug-likeness (QED) is 0.450. The van der Waals surface area contributed by atoms with Crippen LogP contribution in [0, 0.1) is 0 Å². The molecular weight excluding hydrogens is 400 g/mol. The Balaban J connectivity index is 1.42. The van der Waals surface area contributed by atoms with Crippen molar-refractivity contribution in [2.45, 2.75) is 32.6 Å². The van der Waals surface area contributed by atoms with Gasteiger partial charge >= 0.3 is 0 Å². The van der Waals surface area contributed by atoms with Gasteiger partial charge < -0.3 is 10.6 Å². The van der Waals surface area contributed by atoms with Crippen molar-refractivity contribution >= 4 is 23.1 Å². The first-order valence-corrected chi connectivity index (χ1v) is 11.1. The Morgan fingerprint density at radius 2 is 1.91 bits per heavy atom. The SMILES string of the molecule is CCCc1ccnc(CC(=O)c2ccc(-c3nc(N4CCC4)n4ccnc(N)c34)cc2)c1. The third kappa shape index (κ3) is 3.70. The van der Waals surface area contributed by atoms with E-state index in [-0.39, 0.29) is 5.78 Å². The number of pyridine rings is 1. The summed E-state index contributed by atoms with van der Waals surface area (Å²) < 4.78 is 2.00. The Hall–Kier alpha value is -3.74. The first-order chi connectivity index (χ1) is 15.6. The van der Waals surface area contributed by atoms with Gasteiger partial charge in [0.2, 0.25) is 5.95 Å². The molecule has 7 nitrogen and oxygen atoms in total. The Labute approximate surface area is 186 Å². The molecule has 1 aliphatic heterocycles. The van der Waals surface area contributed by atoms with Crippen LogP contribution >= 0.6 is 0 Å². The van der Waals surface area contributed by atoms with Gasteiger partial charge in [-0.15, -0.1) is 0 Å². The molecule has 0 aliphatic carbocycles. The summed E-state index contributed by atoms with van der Waals surface area (Å²) in [7, 11) is 0. The summed E-state index contributed by atoms with van der Waals surface area (Å²) in [4.78, 5) is 28.6. The third-order valence-electron chi connectivity index (χ3n) is 5.95. The molecule has 0 unspecified atom stereocenters. The van der Waals surface area contributed by atoms with Gasteiger partial charge in [-0.3, -0.25) is 14.2 Å². The van der Waals surface area contributed by atoms with E-state index in [9.17, 15) is 4.79 Å². The maximum atomic E-state index is 12.8. The fourth-order valence-electron chi connectivity index (χ4n) is 4.14. The fraction of sp³-hybridized carbons (Fsp3) is 0.280. The molecule has 5 rings (SSSR count). The van der Waals surface area contributed by atoms with Gasteiger partial charge in [0.1, 0.15) is 17.0 Å². The minimum absolute atomic E-state index is 0.0508. The molecule has 1 fully saturated rings. The number of hydrogen-bond donors (Lipinski definition) is 1. The summed E-state index contributed by atoms with van der Waals surface area (Å²) in [5.41, 5.74) is 11.4. The summed E-state index contributed by atoms with van der Waals surface area (Å²) in [6.07, 6.45) is 8.90. The van der Waals surface area contributed by atoms with Crippen LogP contribution in [0.25, 0.3) is 16.8 Å². The van der Waals surface area contributed by atoms with Crippen molar-refractivity contribution in [3.05, 3.63) is 71.8 Å². The number of nitrogens with zero attached hydrogens (tertiary/aromatic N) is 5. The average molecular weight is 427 g/mol. The van der Waals surface area contributed by atoms with Crippen LogP contribution in [0.4, 0.5) is 11.8 Å². The first kappa shape index (κ1) is 20.2. The monoisotopic (exact) mass is 426 g/mol. The van der Waals surface area contributed by atoms with Crippen molar-refractivity contribution in [3.8, 4) is 11.3 Å². The number of Topliss-reactive ketones (excluding diaryl/α,β-unsaturated/α-hetero) is 1. The number of hydrogen-bond acceptors (Lipinski definition) is 6. The standard InChI is InChI=1S/C25H26N6O/c1-2-4-17-9-10-27-20(15-17)16-21(32)18-5-7-19(8-6-18)22-23-24(26)28-11-14-31(23)25(29-22)30-12-3-13-30/h5-11,14-15H,2-4,12-13,16H2,1H3,(H2,26,28). The Bertz CT molecular complexity index is 1270. The van der Waals surface area contributed by atoms with E-state index in [1.165, 1.54) is 5.56 Å². The van der Waals surface area contributed by atoms with Crippen LogP contribution in [0.15, 0.2) is 55.0 Å². The molecule has 1 aromatic carbocycles. The number of nitrogen functional groups attached to an aromatic ring is 1. The van der Waals surface area contributed by atoms with Crippen LogP contribution < -0.4 is 10.6 Å². The summed E-state index contributed by atoms with van der Waals surface area (Å²) in [5.74, 6) is 1.38. The predicted molar refractivity (Wildman–Crippen MR) is 126 cm³/mol. The fourth-order valence-corrected chi connectivity index (χ4v) is 4.14.